The molecule has 1 rings (SSSR count). The number of aromatic amines is 1. The maximum atomic E-state index is 11.9. The highest BCUT2D eigenvalue weighted by Crippen LogP contribution is 2.08. The van der Waals surface area contributed by atoms with Gasteiger partial charge in [-0.3, -0.25) is 4.79 Å². The molecule has 7 nitrogen and oxygen atoms in total. The van der Waals surface area contributed by atoms with Gasteiger partial charge in [-0.2, -0.15) is 0 Å². The molecule has 0 radical (unpaired) electrons. The van der Waals surface area contributed by atoms with Gasteiger partial charge in [-0.25, -0.2) is 9.78 Å². The highest BCUT2D eigenvalue weighted by atomic mass is 16.4. The summed E-state index contributed by atoms with van der Waals surface area (Å²) < 4.78 is 0. The molecular weight excluding hydrogens is 248 g/mol. The Morgan fingerprint density at radius 3 is 2.74 bits per heavy atom. The molecule has 0 aliphatic rings. The number of carbonyl (C=O) groups excluding carboxylic acids is 1. The van der Waals surface area contributed by atoms with Gasteiger partial charge in [0.1, 0.15) is 6.04 Å². The van der Waals surface area contributed by atoms with E-state index in [2.05, 4.69) is 15.3 Å². The molecule has 0 aliphatic carbocycles. The van der Waals surface area contributed by atoms with E-state index in [1.165, 1.54) is 6.33 Å². The number of aromatic nitrogens is 2. The number of amides is 1. The lowest BCUT2D eigenvalue weighted by atomic mass is 9.98. The number of hydrogen-bond donors (Lipinski definition) is 4. The normalized spacial score (nSPS) is 15.5. The third-order valence-corrected chi connectivity index (χ3v) is 3.10. The van der Waals surface area contributed by atoms with Crippen molar-refractivity contribution < 1.29 is 14.7 Å². The molecule has 1 aromatic rings. The van der Waals surface area contributed by atoms with Gasteiger partial charge >= 0.3 is 5.97 Å². The predicted octanol–water partition coefficient (Wildman–Crippen LogP) is -0.105. The van der Waals surface area contributed by atoms with Crippen LogP contribution in [0.5, 0.6) is 0 Å². The second-order valence-corrected chi connectivity index (χ2v) is 4.58. The topological polar surface area (TPSA) is 121 Å². The number of carbonyl (C=O) groups is 2. The third-order valence-electron chi connectivity index (χ3n) is 3.10. The lowest BCUT2D eigenvalue weighted by Gasteiger charge is -2.21. The van der Waals surface area contributed by atoms with Crippen molar-refractivity contribution in [2.45, 2.75) is 38.8 Å². The number of H-pyrrole nitrogens is 1. The van der Waals surface area contributed by atoms with Crippen LogP contribution >= 0.6 is 0 Å². The van der Waals surface area contributed by atoms with E-state index in [-0.39, 0.29) is 12.3 Å². The fraction of sp³-hybridized carbons (Fsp3) is 0.583. The molecule has 0 aromatic carbocycles. The zero-order valence-electron chi connectivity index (χ0n) is 11.1. The van der Waals surface area contributed by atoms with Crippen LogP contribution < -0.4 is 11.1 Å². The quantitative estimate of drug-likeness (QED) is 0.550. The van der Waals surface area contributed by atoms with Crippen LogP contribution in [0.3, 0.4) is 0 Å². The smallest absolute Gasteiger partial charge is 0.326 e. The molecule has 106 valence electrons. The van der Waals surface area contributed by atoms with Gasteiger partial charge in [0.15, 0.2) is 0 Å². The zero-order valence-corrected chi connectivity index (χ0v) is 11.1. The summed E-state index contributed by atoms with van der Waals surface area (Å²) in [6.07, 6.45) is 4.07. The van der Waals surface area contributed by atoms with Gasteiger partial charge in [-0.15, -0.1) is 0 Å². The van der Waals surface area contributed by atoms with E-state index in [4.69, 9.17) is 10.8 Å². The largest absolute Gasteiger partial charge is 0.480 e. The number of carboxylic acids is 1. The number of aliphatic carboxylic acids is 1. The number of nitrogens with one attached hydrogen (secondary N) is 2. The summed E-state index contributed by atoms with van der Waals surface area (Å²) in [6.45, 7) is 3.65. The first-order valence-electron chi connectivity index (χ1n) is 6.22. The Morgan fingerprint density at radius 2 is 2.26 bits per heavy atom. The highest BCUT2D eigenvalue weighted by molar-refractivity contribution is 5.87. The average molecular weight is 268 g/mol. The molecule has 1 aromatic heterocycles. The molecule has 0 saturated carbocycles. The molecular formula is C12H20N4O3. The van der Waals surface area contributed by atoms with Gasteiger partial charge < -0.3 is 21.1 Å². The summed E-state index contributed by atoms with van der Waals surface area (Å²) in [7, 11) is 0. The number of rotatable bonds is 7. The third kappa shape index (κ3) is 4.36. The first-order valence-corrected chi connectivity index (χ1v) is 6.22. The number of carboxylic acid groups (broad SMARTS) is 1. The van der Waals surface area contributed by atoms with Crippen molar-refractivity contribution in [2.75, 3.05) is 0 Å². The SMILES string of the molecule is CCC(C)C(NC(=O)C(N)Cc1c[nH]cn1)C(=O)O. The monoisotopic (exact) mass is 268 g/mol. The van der Waals surface area contributed by atoms with Gasteiger partial charge in [0.2, 0.25) is 5.91 Å². The minimum Gasteiger partial charge on any atom is -0.480 e. The van der Waals surface area contributed by atoms with Crippen molar-refractivity contribution in [3.05, 3.63) is 18.2 Å². The summed E-state index contributed by atoms with van der Waals surface area (Å²) in [5, 5.41) is 11.6. The average Bonchev–Trinajstić information content (AvgIpc) is 2.86. The molecule has 3 unspecified atom stereocenters. The molecule has 0 spiro atoms. The van der Waals surface area contributed by atoms with Gasteiger partial charge in [-0.1, -0.05) is 20.3 Å². The summed E-state index contributed by atoms with van der Waals surface area (Å²) >= 11 is 0. The highest BCUT2D eigenvalue weighted by Gasteiger charge is 2.27. The lowest BCUT2D eigenvalue weighted by Crippen LogP contribution is -2.51. The van der Waals surface area contributed by atoms with Crippen molar-refractivity contribution in [1.82, 2.24) is 15.3 Å². The molecule has 7 heteroatoms. The van der Waals surface area contributed by atoms with Crippen LogP contribution in [-0.2, 0) is 16.0 Å². The Kier molecular flexibility index (Phi) is 5.50. The van der Waals surface area contributed by atoms with Crippen molar-refractivity contribution in [1.29, 1.82) is 0 Å². The van der Waals surface area contributed by atoms with Crippen LogP contribution in [0.4, 0.5) is 0 Å². The molecule has 19 heavy (non-hydrogen) atoms. The first-order chi connectivity index (χ1) is 8.95. The Morgan fingerprint density at radius 1 is 1.58 bits per heavy atom. The summed E-state index contributed by atoms with van der Waals surface area (Å²) in [5.74, 6) is -1.68. The van der Waals surface area contributed by atoms with E-state index in [1.54, 1.807) is 13.1 Å². The molecule has 0 bridgehead atoms. The second-order valence-electron chi connectivity index (χ2n) is 4.58. The predicted molar refractivity (Wildman–Crippen MR) is 69.3 cm³/mol. The van der Waals surface area contributed by atoms with E-state index in [9.17, 15) is 9.59 Å². The van der Waals surface area contributed by atoms with Crippen LogP contribution in [0.25, 0.3) is 0 Å². The fourth-order valence-electron chi connectivity index (χ4n) is 1.66. The molecule has 0 aliphatic heterocycles. The minimum atomic E-state index is -1.05. The molecule has 1 amide bonds. The Balaban J connectivity index is 2.58. The van der Waals surface area contributed by atoms with Crippen LogP contribution in [-0.4, -0.2) is 39.0 Å². The molecule has 0 saturated heterocycles. The van der Waals surface area contributed by atoms with Crippen LogP contribution in [0.2, 0.25) is 0 Å². The van der Waals surface area contributed by atoms with Crippen LogP contribution in [0.1, 0.15) is 26.0 Å². The van der Waals surface area contributed by atoms with Crippen LogP contribution in [0, 0.1) is 5.92 Å². The maximum absolute atomic E-state index is 11.9. The summed E-state index contributed by atoms with van der Waals surface area (Å²) in [6, 6.07) is -1.73. The molecule has 1 heterocycles. The number of nitrogens with zero attached hydrogens (tertiary/aromatic N) is 1. The number of imidazole rings is 1. The fourth-order valence-corrected chi connectivity index (χ4v) is 1.66. The van der Waals surface area contributed by atoms with Gasteiger partial charge in [0, 0.05) is 12.6 Å². The lowest BCUT2D eigenvalue weighted by molar-refractivity contribution is -0.143. The molecule has 0 fully saturated rings. The zero-order chi connectivity index (χ0) is 14.4. The second kappa shape index (κ2) is 6.89. The molecule has 3 atom stereocenters. The van der Waals surface area contributed by atoms with E-state index >= 15 is 0 Å². The number of nitrogens with two attached hydrogens (primary N) is 1. The summed E-state index contributed by atoms with van der Waals surface area (Å²) in [5.41, 5.74) is 6.40. The van der Waals surface area contributed by atoms with Gasteiger partial charge in [0.05, 0.1) is 18.1 Å². The van der Waals surface area contributed by atoms with Crippen molar-refractivity contribution in [3.63, 3.8) is 0 Å². The van der Waals surface area contributed by atoms with Gasteiger partial charge in [0.25, 0.3) is 0 Å². The van der Waals surface area contributed by atoms with E-state index in [0.717, 1.165) is 0 Å². The van der Waals surface area contributed by atoms with Crippen molar-refractivity contribution >= 4 is 11.9 Å². The maximum Gasteiger partial charge on any atom is 0.326 e. The first kappa shape index (κ1) is 15.2. The van der Waals surface area contributed by atoms with Gasteiger partial charge in [-0.05, 0) is 5.92 Å². The van der Waals surface area contributed by atoms with E-state index < -0.39 is 24.0 Å². The van der Waals surface area contributed by atoms with E-state index in [0.29, 0.717) is 12.1 Å². The Labute approximate surface area is 111 Å². The Hall–Kier alpha value is -1.89. The van der Waals surface area contributed by atoms with Crippen molar-refractivity contribution in [2.24, 2.45) is 11.7 Å². The number of hydrogen-bond acceptors (Lipinski definition) is 4. The Bertz CT molecular complexity index is 419. The van der Waals surface area contributed by atoms with Crippen molar-refractivity contribution in [3.8, 4) is 0 Å². The standard InChI is InChI=1S/C12H20N4O3/c1-3-7(2)10(12(18)19)16-11(17)9(13)4-8-5-14-6-15-8/h5-7,9-10H,3-4,13H2,1-2H3,(H,14,15)(H,16,17)(H,18,19). The minimum absolute atomic E-state index is 0.154. The molecule has 5 N–H and O–H groups in total. The van der Waals surface area contributed by atoms with E-state index in [1.807, 2.05) is 6.92 Å². The van der Waals surface area contributed by atoms with Crippen LogP contribution in [0.15, 0.2) is 12.5 Å². The summed E-state index contributed by atoms with van der Waals surface area (Å²) in [4.78, 5) is 29.7.